The Kier molecular flexibility index (Phi) is 9.20. The van der Waals surface area contributed by atoms with Crippen molar-refractivity contribution in [2.24, 2.45) is 0 Å². The van der Waals surface area contributed by atoms with Gasteiger partial charge in [0.2, 0.25) is 0 Å². The number of anilines is 3. The molecule has 4 aromatic carbocycles. The molecule has 0 aromatic heterocycles. The third kappa shape index (κ3) is 6.90. The van der Waals surface area contributed by atoms with Gasteiger partial charge in [-0.1, -0.05) is 23.7 Å². The van der Waals surface area contributed by atoms with Gasteiger partial charge in [0.05, 0.1) is 34.8 Å². The van der Waals surface area contributed by atoms with Crippen LogP contribution in [0.2, 0.25) is 5.02 Å². The lowest BCUT2D eigenvalue weighted by molar-refractivity contribution is 0.102. The quantitative estimate of drug-likeness (QED) is 0.199. The number of sulfonamides is 2. The zero-order chi connectivity index (χ0) is 30.5. The number of hydrogen-bond acceptors (Lipinski definition) is 6. The molecule has 4 aromatic rings. The van der Waals surface area contributed by atoms with E-state index in [1.54, 1.807) is 24.3 Å². The second kappa shape index (κ2) is 12.6. The zero-order valence-electron chi connectivity index (χ0n) is 22.1. The molecule has 42 heavy (non-hydrogen) atoms. The monoisotopic (exact) mass is 629 g/mol. The van der Waals surface area contributed by atoms with Gasteiger partial charge >= 0.3 is 0 Å². The van der Waals surface area contributed by atoms with Crippen molar-refractivity contribution >= 4 is 54.6 Å². The fourth-order valence-electron chi connectivity index (χ4n) is 3.88. The van der Waals surface area contributed by atoms with Crippen molar-refractivity contribution in [1.29, 1.82) is 0 Å². The van der Waals surface area contributed by atoms with E-state index in [9.17, 15) is 26.0 Å². The van der Waals surface area contributed by atoms with Gasteiger partial charge in [-0.25, -0.2) is 21.2 Å². The number of nitrogens with one attached hydrogen (secondary N) is 2. The van der Waals surface area contributed by atoms with Crippen LogP contribution in [0.15, 0.2) is 113 Å². The molecule has 13 heteroatoms. The molecule has 0 atom stereocenters. The highest BCUT2D eigenvalue weighted by molar-refractivity contribution is 7.93. The molecule has 2 N–H and O–H groups in total. The topological polar surface area (TPSA) is 122 Å². The van der Waals surface area contributed by atoms with Crippen LogP contribution in [-0.4, -0.2) is 36.4 Å². The predicted molar refractivity (Wildman–Crippen MR) is 161 cm³/mol. The third-order valence-electron chi connectivity index (χ3n) is 5.92. The summed E-state index contributed by atoms with van der Waals surface area (Å²) in [6, 6.07) is 20.3. The van der Waals surface area contributed by atoms with Gasteiger partial charge in [0.25, 0.3) is 26.0 Å². The Balaban J connectivity index is 1.60. The first-order valence-electron chi connectivity index (χ1n) is 12.2. The van der Waals surface area contributed by atoms with E-state index in [0.717, 1.165) is 28.6 Å². The van der Waals surface area contributed by atoms with Gasteiger partial charge in [0.1, 0.15) is 11.6 Å². The number of carbonyl (C=O) groups is 1. The van der Waals surface area contributed by atoms with Crippen LogP contribution in [-0.2, 0) is 20.0 Å². The van der Waals surface area contributed by atoms with Crippen molar-refractivity contribution < 1.29 is 30.8 Å². The van der Waals surface area contributed by atoms with Crippen molar-refractivity contribution in [3.63, 3.8) is 0 Å². The van der Waals surface area contributed by atoms with E-state index < -0.39 is 31.8 Å². The van der Waals surface area contributed by atoms with Gasteiger partial charge in [-0.15, -0.1) is 6.58 Å². The normalized spacial score (nSPS) is 11.4. The molecule has 0 saturated heterocycles. The molecule has 0 aliphatic carbocycles. The number of carbonyl (C=O) groups excluding carboxylic acids is 1. The smallest absolute Gasteiger partial charge is 0.264 e. The molecule has 1 amide bonds. The summed E-state index contributed by atoms with van der Waals surface area (Å²) in [5.74, 6) is -1.07. The van der Waals surface area contributed by atoms with Gasteiger partial charge < -0.3 is 10.1 Å². The number of nitrogens with zero attached hydrogens (tertiary/aromatic N) is 1. The summed E-state index contributed by atoms with van der Waals surface area (Å²) in [5.41, 5.74) is 0.609. The maximum absolute atomic E-state index is 13.5. The van der Waals surface area contributed by atoms with E-state index in [1.807, 2.05) is 0 Å². The Labute approximate surface area is 248 Å². The maximum Gasteiger partial charge on any atom is 0.264 e. The minimum Gasteiger partial charge on any atom is -0.495 e. The van der Waals surface area contributed by atoms with Gasteiger partial charge in [-0.3, -0.25) is 13.8 Å². The largest absolute Gasteiger partial charge is 0.495 e. The Morgan fingerprint density at radius 1 is 0.952 bits per heavy atom. The third-order valence-corrected chi connectivity index (χ3v) is 9.34. The first kappa shape index (κ1) is 30.6. The summed E-state index contributed by atoms with van der Waals surface area (Å²) in [7, 11) is -6.87. The van der Waals surface area contributed by atoms with E-state index >= 15 is 0 Å². The van der Waals surface area contributed by atoms with E-state index in [0.29, 0.717) is 10.7 Å². The van der Waals surface area contributed by atoms with Gasteiger partial charge in [-0.2, -0.15) is 0 Å². The molecule has 0 bridgehead atoms. The molecule has 0 heterocycles. The summed E-state index contributed by atoms with van der Waals surface area (Å²) < 4.78 is 74.8. The molecular weight excluding hydrogens is 605 g/mol. The van der Waals surface area contributed by atoms with Crippen LogP contribution < -0.4 is 19.1 Å². The molecule has 218 valence electrons. The highest BCUT2D eigenvalue weighted by Crippen LogP contribution is 2.31. The van der Waals surface area contributed by atoms with E-state index in [2.05, 4.69) is 16.6 Å². The molecule has 0 spiro atoms. The van der Waals surface area contributed by atoms with Crippen LogP contribution >= 0.6 is 11.6 Å². The number of benzene rings is 4. The van der Waals surface area contributed by atoms with Gasteiger partial charge in [0, 0.05) is 16.3 Å². The predicted octanol–water partition coefficient (Wildman–Crippen LogP) is 5.92. The van der Waals surface area contributed by atoms with E-state index in [4.69, 9.17) is 16.3 Å². The molecule has 0 aliphatic heterocycles. The first-order chi connectivity index (χ1) is 19.9. The molecule has 0 radical (unpaired) electrons. The van der Waals surface area contributed by atoms with Gasteiger partial charge in [-0.05, 0) is 84.9 Å². The molecule has 0 unspecified atom stereocenters. The number of halogens is 2. The summed E-state index contributed by atoms with van der Waals surface area (Å²) in [4.78, 5) is 12.8. The van der Waals surface area contributed by atoms with Crippen molar-refractivity contribution in [3.05, 3.63) is 120 Å². The van der Waals surface area contributed by atoms with Crippen LogP contribution in [0.5, 0.6) is 5.75 Å². The van der Waals surface area contributed by atoms with Crippen LogP contribution in [0, 0.1) is 5.82 Å². The average Bonchev–Trinajstić information content (AvgIpc) is 2.96. The van der Waals surface area contributed by atoms with Gasteiger partial charge in [0.15, 0.2) is 0 Å². The zero-order valence-corrected chi connectivity index (χ0v) is 24.5. The fourth-order valence-corrected chi connectivity index (χ4v) is 6.55. The molecule has 0 saturated carbocycles. The fraction of sp³-hybridized carbons (Fsp3) is 0.0690. The van der Waals surface area contributed by atoms with Crippen LogP contribution in [0.25, 0.3) is 0 Å². The maximum atomic E-state index is 13.5. The van der Waals surface area contributed by atoms with Crippen molar-refractivity contribution in [1.82, 2.24) is 0 Å². The molecule has 9 nitrogen and oxygen atoms in total. The molecular formula is C29H25ClFN3O6S2. The second-order valence-corrected chi connectivity index (χ2v) is 12.7. The Morgan fingerprint density at radius 2 is 1.64 bits per heavy atom. The molecule has 0 aliphatic rings. The van der Waals surface area contributed by atoms with Crippen molar-refractivity contribution in [3.8, 4) is 5.75 Å². The number of amides is 1. The summed E-state index contributed by atoms with van der Waals surface area (Å²) in [6.07, 6.45) is 1.44. The Morgan fingerprint density at radius 3 is 2.29 bits per heavy atom. The van der Waals surface area contributed by atoms with E-state index in [-0.39, 0.29) is 39.0 Å². The number of rotatable bonds is 11. The Bertz CT molecular complexity index is 1830. The second-order valence-electron chi connectivity index (χ2n) is 8.76. The molecule has 0 fully saturated rings. The summed E-state index contributed by atoms with van der Waals surface area (Å²) >= 11 is 5.95. The summed E-state index contributed by atoms with van der Waals surface area (Å²) in [6.45, 7) is 3.62. The minimum atomic E-state index is -4.12. The first-order valence-corrected chi connectivity index (χ1v) is 15.5. The number of ether oxygens (including phenoxy) is 1. The number of hydrogen-bond donors (Lipinski definition) is 2. The standard InChI is InChI=1S/C29H25ClFN3O6S2/c1-3-17-34(24-12-7-21(30)8-13-24)42(38,39)26-6-4-5-20(18-26)29(35)32-23-11-16-28(40-2)27(19-23)33-41(36,37)25-14-9-22(31)10-15-25/h3-16,18-19,33H,1,17H2,2H3,(H,32,35). The van der Waals surface area contributed by atoms with Crippen molar-refractivity contribution in [2.45, 2.75) is 9.79 Å². The lowest BCUT2D eigenvalue weighted by atomic mass is 10.2. The highest BCUT2D eigenvalue weighted by Gasteiger charge is 2.25. The minimum absolute atomic E-state index is 0.0129. The van der Waals surface area contributed by atoms with Crippen molar-refractivity contribution in [2.75, 3.05) is 28.0 Å². The van der Waals surface area contributed by atoms with Crippen LogP contribution in [0.3, 0.4) is 0 Å². The molecule has 4 rings (SSSR count). The average molecular weight is 630 g/mol. The highest BCUT2D eigenvalue weighted by atomic mass is 35.5. The lowest BCUT2D eigenvalue weighted by Gasteiger charge is -2.23. The van der Waals surface area contributed by atoms with Crippen LogP contribution in [0.4, 0.5) is 21.5 Å². The summed E-state index contributed by atoms with van der Waals surface area (Å²) in [5, 5.41) is 3.08. The van der Waals surface area contributed by atoms with Crippen LogP contribution in [0.1, 0.15) is 10.4 Å². The Hall–Kier alpha value is -4.39. The number of methoxy groups -OCH3 is 1. The SMILES string of the molecule is C=CCN(c1ccc(Cl)cc1)S(=O)(=O)c1cccc(C(=O)Nc2ccc(OC)c(NS(=O)(=O)c3ccc(F)cc3)c2)c1. The van der Waals surface area contributed by atoms with E-state index in [1.165, 1.54) is 55.7 Å². The lowest BCUT2D eigenvalue weighted by Crippen LogP contribution is -2.31.